The first-order valence-corrected chi connectivity index (χ1v) is 9.94. The van der Waals surface area contributed by atoms with Gasteiger partial charge in [-0.3, -0.25) is 4.79 Å². The molecule has 1 aromatic carbocycles. The van der Waals surface area contributed by atoms with Gasteiger partial charge in [-0.1, -0.05) is 53.7 Å². The van der Waals surface area contributed by atoms with Crippen molar-refractivity contribution in [3.63, 3.8) is 0 Å². The van der Waals surface area contributed by atoms with E-state index >= 15 is 0 Å². The van der Waals surface area contributed by atoms with Crippen molar-refractivity contribution in [2.75, 3.05) is 7.11 Å². The van der Waals surface area contributed by atoms with Crippen molar-refractivity contribution >= 4 is 17.2 Å². The Kier molecular flexibility index (Phi) is 5.24. The van der Waals surface area contributed by atoms with E-state index in [-0.39, 0.29) is 16.6 Å². The lowest BCUT2D eigenvalue weighted by Gasteiger charge is -2.31. The van der Waals surface area contributed by atoms with Gasteiger partial charge in [0.25, 0.3) is 0 Å². The number of methoxy groups -OCH3 is 1. The van der Waals surface area contributed by atoms with Crippen LogP contribution in [0.1, 0.15) is 54.0 Å². The minimum atomic E-state index is -0.264. The van der Waals surface area contributed by atoms with Crippen molar-refractivity contribution < 1.29 is 9.53 Å². The molecule has 1 aliphatic carbocycles. The Bertz CT molecular complexity index is 984. The molecule has 0 unspecified atom stereocenters. The number of allylic oxidation sites excluding steroid dienone is 5. The Balaban J connectivity index is 2.21. The minimum absolute atomic E-state index is 0.113. The number of Topliss-reactive ketones (excluding diaryl/α,β-unsaturated/α-hetero) is 1. The molecule has 0 N–H and O–H groups in total. The van der Waals surface area contributed by atoms with Gasteiger partial charge in [0.05, 0.1) is 18.5 Å². The first-order valence-electron chi connectivity index (χ1n) is 9.94. The Morgan fingerprint density at radius 1 is 0.862 bits per heavy atom. The molecule has 29 heavy (non-hydrogen) atoms. The summed E-state index contributed by atoms with van der Waals surface area (Å²) in [6, 6.07) is 7.81. The van der Waals surface area contributed by atoms with Crippen LogP contribution in [0.3, 0.4) is 0 Å². The van der Waals surface area contributed by atoms with Crippen molar-refractivity contribution in [1.82, 2.24) is 0 Å². The van der Waals surface area contributed by atoms with E-state index in [1.165, 1.54) is 0 Å². The van der Waals surface area contributed by atoms with Crippen molar-refractivity contribution in [3.8, 4) is 5.75 Å². The number of hydrogen-bond acceptors (Lipinski definition) is 4. The van der Waals surface area contributed by atoms with E-state index in [2.05, 4.69) is 41.5 Å². The summed E-state index contributed by atoms with van der Waals surface area (Å²) in [4.78, 5) is 22.7. The fraction of sp³-hybridized carbons (Fsp3) is 0.400. The molecule has 3 rings (SSSR count). The zero-order valence-corrected chi connectivity index (χ0v) is 18.7. The average molecular weight is 391 g/mol. The third-order valence-corrected chi connectivity index (χ3v) is 5.16. The highest BCUT2D eigenvalue weighted by Gasteiger charge is 2.35. The highest BCUT2D eigenvalue weighted by Crippen LogP contribution is 2.40. The summed E-state index contributed by atoms with van der Waals surface area (Å²) >= 11 is 0. The SMILES string of the molecule is COc1ccccc1C1=NC(=C2C=C(C(C)(C)C)C(=O)C(C(C)(C)C)=C2)N=C1C. The topological polar surface area (TPSA) is 51.0 Å². The lowest BCUT2D eigenvalue weighted by atomic mass is 9.72. The Morgan fingerprint density at radius 3 is 1.93 bits per heavy atom. The molecule has 0 bridgehead atoms. The van der Waals surface area contributed by atoms with Gasteiger partial charge >= 0.3 is 0 Å². The van der Waals surface area contributed by atoms with Gasteiger partial charge in [-0.05, 0) is 42.0 Å². The molecule has 0 amide bonds. The number of para-hydroxylation sites is 1. The molecular formula is C25H30N2O2. The van der Waals surface area contributed by atoms with Crippen LogP contribution < -0.4 is 4.74 Å². The molecule has 4 nitrogen and oxygen atoms in total. The highest BCUT2D eigenvalue weighted by molar-refractivity contribution is 6.49. The number of ether oxygens (including phenoxy) is 1. The van der Waals surface area contributed by atoms with E-state index in [0.29, 0.717) is 5.82 Å². The van der Waals surface area contributed by atoms with Crippen LogP contribution in [0, 0.1) is 10.8 Å². The lowest BCUT2D eigenvalue weighted by Crippen LogP contribution is -2.28. The number of ketones is 1. The second-order valence-corrected chi connectivity index (χ2v) is 9.58. The van der Waals surface area contributed by atoms with Gasteiger partial charge < -0.3 is 4.74 Å². The number of carbonyl (C=O) groups is 1. The van der Waals surface area contributed by atoms with Crippen LogP contribution in [0.4, 0.5) is 0 Å². The van der Waals surface area contributed by atoms with Crippen LogP contribution in [-0.2, 0) is 4.79 Å². The van der Waals surface area contributed by atoms with Crippen LogP contribution in [0.25, 0.3) is 0 Å². The van der Waals surface area contributed by atoms with Crippen molar-refractivity contribution in [2.24, 2.45) is 20.8 Å². The van der Waals surface area contributed by atoms with E-state index in [0.717, 1.165) is 39.5 Å². The standard InChI is InChI=1S/C25H30N2O2/c1-15-21(17-11-9-10-12-20(17)29-8)27-23(26-15)16-13-18(24(2,3)4)22(28)19(14-16)25(5,6)7/h9-14H,1-8H3. The number of benzene rings is 1. The maximum Gasteiger partial charge on any atom is 0.186 e. The molecule has 0 spiro atoms. The van der Waals surface area contributed by atoms with Crippen molar-refractivity contribution in [3.05, 3.63) is 64.5 Å². The van der Waals surface area contributed by atoms with Gasteiger partial charge in [0.1, 0.15) is 5.75 Å². The van der Waals surface area contributed by atoms with Crippen LogP contribution in [0.2, 0.25) is 0 Å². The largest absolute Gasteiger partial charge is 0.496 e. The summed E-state index contributed by atoms with van der Waals surface area (Å²) in [6.45, 7) is 14.4. The number of hydrogen-bond donors (Lipinski definition) is 0. The average Bonchev–Trinajstić information content (AvgIpc) is 3.01. The van der Waals surface area contributed by atoms with Crippen LogP contribution >= 0.6 is 0 Å². The molecule has 0 saturated carbocycles. The Morgan fingerprint density at radius 2 is 1.41 bits per heavy atom. The Labute approximate surface area is 173 Å². The van der Waals surface area contributed by atoms with E-state index in [1.54, 1.807) is 7.11 Å². The first-order chi connectivity index (χ1) is 13.4. The second-order valence-electron chi connectivity index (χ2n) is 9.58. The highest BCUT2D eigenvalue weighted by atomic mass is 16.5. The van der Waals surface area contributed by atoms with Crippen LogP contribution in [0.5, 0.6) is 5.75 Å². The molecule has 152 valence electrons. The van der Waals surface area contributed by atoms with Gasteiger partial charge in [-0.15, -0.1) is 0 Å². The van der Waals surface area contributed by atoms with Crippen LogP contribution in [0.15, 0.2) is 68.9 Å². The summed E-state index contributed by atoms with van der Waals surface area (Å²) in [5.41, 5.74) is 4.49. The summed E-state index contributed by atoms with van der Waals surface area (Å²) < 4.78 is 5.50. The predicted octanol–water partition coefficient (Wildman–Crippen LogP) is 5.70. The zero-order chi connectivity index (χ0) is 21.6. The monoisotopic (exact) mass is 390 g/mol. The first kappa shape index (κ1) is 21.0. The molecule has 4 heteroatoms. The normalized spacial score (nSPS) is 17.7. The van der Waals surface area contributed by atoms with Crippen LogP contribution in [-0.4, -0.2) is 24.3 Å². The maximum absolute atomic E-state index is 13.2. The van der Waals surface area contributed by atoms with Gasteiger partial charge in [0.2, 0.25) is 0 Å². The zero-order valence-electron chi connectivity index (χ0n) is 18.7. The van der Waals surface area contributed by atoms with E-state index < -0.39 is 0 Å². The molecule has 1 aliphatic heterocycles. The quantitative estimate of drug-likeness (QED) is 0.650. The summed E-state index contributed by atoms with van der Waals surface area (Å²) in [7, 11) is 1.66. The molecule has 0 atom stereocenters. The molecule has 0 fully saturated rings. The molecule has 2 aliphatic rings. The molecule has 1 aromatic rings. The van der Waals surface area contributed by atoms with Crippen molar-refractivity contribution in [2.45, 2.75) is 48.5 Å². The third-order valence-electron chi connectivity index (χ3n) is 5.16. The number of nitrogens with zero attached hydrogens (tertiary/aromatic N) is 2. The van der Waals surface area contributed by atoms with Gasteiger partial charge in [-0.2, -0.15) is 0 Å². The molecule has 1 heterocycles. The van der Waals surface area contributed by atoms with Gasteiger partial charge in [0.15, 0.2) is 11.6 Å². The van der Waals surface area contributed by atoms with Crippen molar-refractivity contribution in [1.29, 1.82) is 0 Å². The summed E-state index contributed by atoms with van der Waals surface area (Å²) in [5.74, 6) is 1.52. The van der Waals surface area contributed by atoms with E-state index in [1.807, 2.05) is 43.3 Å². The summed E-state index contributed by atoms with van der Waals surface area (Å²) in [6.07, 6.45) is 3.91. The number of rotatable bonds is 2. The smallest absolute Gasteiger partial charge is 0.186 e. The fourth-order valence-electron chi connectivity index (χ4n) is 3.52. The Hall–Kier alpha value is -2.75. The second kappa shape index (κ2) is 7.25. The minimum Gasteiger partial charge on any atom is -0.496 e. The lowest BCUT2D eigenvalue weighted by molar-refractivity contribution is -0.114. The van der Waals surface area contributed by atoms with Gasteiger partial charge in [-0.25, -0.2) is 9.98 Å². The molecule has 0 saturated heterocycles. The van der Waals surface area contributed by atoms with E-state index in [4.69, 9.17) is 14.7 Å². The molecule has 0 aromatic heterocycles. The predicted molar refractivity (Wildman–Crippen MR) is 120 cm³/mol. The van der Waals surface area contributed by atoms with Gasteiger partial charge in [0, 0.05) is 22.3 Å². The third kappa shape index (κ3) is 4.02. The number of carbonyl (C=O) groups excluding carboxylic acids is 1. The van der Waals surface area contributed by atoms with E-state index in [9.17, 15) is 4.79 Å². The summed E-state index contributed by atoms with van der Waals surface area (Å²) in [5, 5.41) is 0. The fourth-order valence-corrected chi connectivity index (χ4v) is 3.52. The maximum atomic E-state index is 13.2. The number of aliphatic imine (C=N–C) groups is 2. The molecule has 0 radical (unpaired) electrons. The molecular weight excluding hydrogens is 360 g/mol.